The SMILES string of the molecule is Cc1cnc(-c2nc(N)c(C(=O)Nc3ccc(C#N)cc3)nc2-c2cc(C)c3ncccc3c2)s1. The molecule has 0 fully saturated rings. The Labute approximate surface area is 205 Å². The van der Waals surface area contributed by atoms with Gasteiger partial charge in [-0.1, -0.05) is 6.07 Å². The first kappa shape index (κ1) is 22.1. The lowest BCUT2D eigenvalue weighted by Crippen LogP contribution is -2.18. The van der Waals surface area contributed by atoms with Crippen LogP contribution in [0.2, 0.25) is 0 Å². The number of aromatic nitrogens is 4. The summed E-state index contributed by atoms with van der Waals surface area (Å²) in [5.74, 6) is -0.496. The summed E-state index contributed by atoms with van der Waals surface area (Å²) < 4.78 is 0. The summed E-state index contributed by atoms with van der Waals surface area (Å²) in [5, 5.41) is 13.4. The molecule has 0 radical (unpaired) electrons. The minimum absolute atomic E-state index is 0.00178. The van der Waals surface area contributed by atoms with Gasteiger partial charge in [0, 0.05) is 33.9 Å². The van der Waals surface area contributed by atoms with Gasteiger partial charge in [-0.05, 0) is 61.9 Å². The molecule has 1 amide bonds. The van der Waals surface area contributed by atoms with Crippen molar-refractivity contribution in [3.8, 4) is 28.0 Å². The number of nitrogens with zero attached hydrogens (tertiary/aromatic N) is 5. The Balaban J connectivity index is 1.64. The zero-order valence-corrected chi connectivity index (χ0v) is 19.7. The first-order chi connectivity index (χ1) is 16.9. The van der Waals surface area contributed by atoms with Crippen LogP contribution in [-0.4, -0.2) is 25.8 Å². The van der Waals surface area contributed by atoms with E-state index in [0.717, 1.165) is 26.9 Å². The van der Waals surface area contributed by atoms with Crippen LogP contribution in [0.5, 0.6) is 0 Å². The van der Waals surface area contributed by atoms with Crippen molar-refractivity contribution in [3.63, 3.8) is 0 Å². The van der Waals surface area contributed by atoms with Gasteiger partial charge in [0.1, 0.15) is 16.4 Å². The van der Waals surface area contributed by atoms with Crippen molar-refractivity contribution in [1.82, 2.24) is 19.9 Å². The van der Waals surface area contributed by atoms with Crippen LogP contribution in [-0.2, 0) is 0 Å². The van der Waals surface area contributed by atoms with Crippen molar-refractivity contribution in [2.24, 2.45) is 0 Å². The predicted molar refractivity (Wildman–Crippen MR) is 137 cm³/mol. The molecule has 5 rings (SSSR count). The molecule has 0 aliphatic rings. The van der Waals surface area contributed by atoms with E-state index in [1.54, 1.807) is 36.7 Å². The molecule has 0 atom stereocenters. The molecule has 35 heavy (non-hydrogen) atoms. The summed E-state index contributed by atoms with van der Waals surface area (Å²) in [7, 11) is 0. The Bertz CT molecular complexity index is 1630. The van der Waals surface area contributed by atoms with E-state index in [1.807, 2.05) is 38.1 Å². The van der Waals surface area contributed by atoms with Crippen LogP contribution in [0.4, 0.5) is 11.5 Å². The number of amides is 1. The zero-order chi connectivity index (χ0) is 24.5. The van der Waals surface area contributed by atoms with Crippen molar-refractivity contribution in [2.45, 2.75) is 13.8 Å². The number of fused-ring (bicyclic) bond motifs is 1. The Morgan fingerprint density at radius 2 is 1.86 bits per heavy atom. The highest BCUT2D eigenvalue weighted by molar-refractivity contribution is 7.14. The molecule has 2 aromatic carbocycles. The summed E-state index contributed by atoms with van der Waals surface area (Å²) >= 11 is 1.48. The van der Waals surface area contributed by atoms with Crippen LogP contribution in [0.3, 0.4) is 0 Å². The van der Waals surface area contributed by atoms with Crippen LogP contribution in [0, 0.1) is 25.2 Å². The number of carbonyl (C=O) groups is 1. The van der Waals surface area contributed by atoms with E-state index >= 15 is 0 Å². The number of hydrogen-bond donors (Lipinski definition) is 2. The maximum Gasteiger partial charge on any atom is 0.278 e. The number of aryl methyl sites for hydroxylation is 2. The second-order valence-electron chi connectivity index (χ2n) is 7.94. The lowest BCUT2D eigenvalue weighted by atomic mass is 10.0. The molecule has 3 aromatic heterocycles. The van der Waals surface area contributed by atoms with E-state index in [1.165, 1.54) is 11.3 Å². The number of thiazole rings is 1. The second-order valence-corrected chi connectivity index (χ2v) is 9.18. The molecule has 0 bridgehead atoms. The molecular weight excluding hydrogens is 458 g/mol. The molecule has 0 unspecified atom stereocenters. The highest BCUT2D eigenvalue weighted by atomic mass is 32.1. The third kappa shape index (κ3) is 4.30. The molecule has 0 aliphatic carbocycles. The second kappa shape index (κ2) is 8.93. The molecule has 0 spiro atoms. The number of hydrogen-bond acceptors (Lipinski definition) is 8. The number of nitrogens with two attached hydrogens (primary N) is 1. The molecule has 9 heteroatoms. The van der Waals surface area contributed by atoms with Crippen molar-refractivity contribution in [3.05, 3.63) is 82.6 Å². The fourth-order valence-electron chi connectivity index (χ4n) is 3.76. The normalized spacial score (nSPS) is 10.8. The minimum atomic E-state index is -0.498. The fraction of sp³-hybridized carbons (Fsp3) is 0.0769. The molecule has 3 heterocycles. The quantitative estimate of drug-likeness (QED) is 0.366. The fourth-order valence-corrected chi connectivity index (χ4v) is 4.51. The zero-order valence-electron chi connectivity index (χ0n) is 18.9. The summed E-state index contributed by atoms with van der Waals surface area (Å²) in [6.45, 7) is 3.94. The van der Waals surface area contributed by atoms with Gasteiger partial charge >= 0.3 is 0 Å². The Hall–Kier alpha value is -4.68. The van der Waals surface area contributed by atoms with E-state index < -0.39 is 5.91 Å². The lowest BCUT2D eigenvalue weighted by Gasteiger charge is -2.13. The number of rotatable bonds is 4. The van der Waals surface area contributed by atoms with Crippen LogP contribution < -0.4 is 11.1 Å². The van der Waals surface area contributed by atoms with Crippen molar-refractivity contribution in [1.29, 1.82) is 5.26 Å². The van der Waals surface area contributed by atoms with Gasteiger partial charge in [-0.2, -0.15) is 5.26 Å². The average Bonchev–Trinajstić information content (AvgIpc) is 3.30. The molecule has 8 nitrogen and oxygen atoms in total. The largest absolute Gasteiger partial charge is 0.382 e. The third-order valence-corrected chi connectivity index (χ3v) is 6.32. The van der Waals surface area contributed by atoms with Gasteiger partial charge in [-0.3, -0.25) is 9.78 Å². The highest BCUT2D eigenvalue weighted by Crippen LogP contribution is 2.35. The maximum absolute atomic E-state index is 13.1. The van der Waals surface area contributed by atoms with Gasteiger partial charge in [0.2, 0.25) is 0 Å². The van der Waals surface area contributed by atoms with Crippen molar-refractivity contribution < 1.29 is 4.79 Å². The van der Waals surface area contributed by atoms with Crippen LogP contribution >= 0.6 is 11.3 Å². The van der Waals surface area contributed by atoms with Crippen molar-refractivity contribution >= 4 is 39.7 Å². The monoisotopic (exact) mass is 477 g/mol. The minimum Gasteiger partial charge on any atom is -0.382 e. The highest BCUT2D eigenvalue weighted by Gasteiger charge is 2.22. The Kier molecular flexibility index (Phi) is 5.65. The summed E-state index contributed by atoms with van der Waals surface area (Å²) in [4.78, 5) is 32.4. The first-order valence-corrected chi connectivity index (χ1v) is 11.5. The molecule has 0 saturated carbocycles. The van der Waals surface area contributed by atoms with Gasteiger partial charge in [-0.25, -0.2) is 15.0 Å². The van der Waals surface area contributed by atoms with E-state index in [0.29, 0.717) is 27.6 Å². The van der Waals surface area contributed by atoms with Gasteiger partial charge in [0.15, 0.2) is 11.5 Å². The number of anilines is 2. The van der Waals surface area contributed by atoms with Crippen LogP contribution in [0.15, 0.2) is 60.9 Å². The molecule has 3 N–H and O–H groups in total. The maximum atomic E-state index is 13.1. The third-order valence-electron chi connectivity index (χ3n) is 5.40. The topological polar surface area (TPSA) is 130 Å². The molecular formula is C26H19N7OS. The number of benzene rings is 2. The average molecular weight is 478 g/mol. The first-order valence-electron chi connectivity index (χ1n) is 10.7. The Morgan fingerprint density at radius 3 is 2.57 bits per heavy atom. The van der Waals surface area contributed by atoms with Gasteiger partial charge < -0.3 is 11.1 Å². The number of nitriles is 1. The predicted octanol–water partition coefficient (Wildman–Crippen LogP) is 5.14. The number of nitrogen functional groups attached to an aromatic ring is 1. The molecule has 170 valence electrons. The van der Waals surface area contributed by atoms with Gasteiger partial charge in [-0.15, -0.1) is 11.3 Å². The standard InChI is InChI=1S/C26H19N7OS/c1-14-10-18(11-17-4-3-9-29-20(14)17)21-22(26-30-13-15(2)35-26)33-24(28)23(32-21)25(34)31-19-7-5-16(12-27)6-8-19/h3-11,13H,1-2H3,(H2,28,33)(H,31,34). The number of nitrogens with one attached hydrogen (secondary N) is 1. The van der Waals surface area contributed by atoms with E-state index in [-0.39, 0.29) is 11.5 Å². The van der Waals surface area contributed by atoms with Crippen molar-refractivity contribution in [2.75, 3.05) is 11.1 Å². The van der Waals surface area contributed by atoms with Crippen LogP contribution in [0.25, 0.3) is 32.9 Å². The summed E-state index contributed by atoms with van der Waals surface area (Å²) in [6.07, 6.45) is 3.52. The lowest BCUT2D eigenvalue weighted by molar-refractivity contribution is 0.102. The van der Waals surface area contributed by atoms with Crippen LogP contribution in [0.1, 0.15) is 26.5 Å². The molecule has 0 saturated heterocycles. The van der Waals surface area contributed by atoms with E-state index in [2.05, 4.69) is 26.3 Å². The van der Waals surface area contributed by atoms with Gasteiger partial charge in [0.05, 0.1) is 17.1 Å². The van der Waals surface area contributed by atoms with E-state index in [9.17, 15) is 4.79 Å². The van der Waals surface area contributed by atoms with Gasteiger partial charge in [0.25, 0.3) is 5.91 Å². The summed E-state index contributed by atoms with van der Waals surface area (Å²) in [5.41, 5.74) is 10.9. The summed E-state index contributed by atoms with van der Waals surface area (Å²) in [6, 6.07) is 16.4. The van der Waals surface area contributed by atoms with E-state index in [4.69, 9.17) is 16.0 Å². The Morgan fingerprint density at radius 1 is 1.06 bits per heavy atom. The smallest absolute Gasteiger partial charge is 0.278 e. The number of pyridine rings is 1. The molecule has 0 aliphatic heterocycles. The number of carbonyl (C=O) groups excluding carboxylic acids is 1. The molecule has 5 aromatic rings.